The third-order valence-electron chi connectivity index (χ3n) is 1.98. The number of nitrogens with one attached hydrogen (secondary N) is 2. The van der Waals surface area contributed by atoms with Crippen LogP contribution in [0.15, 0.2) is 24.3 Å². The molecule has 0 unspecified atom stereocenters. The molecule has 1 aromatic rings. The molecule has 0 saturated heterocycles. The van der Waals surface area contributed by atoms with E-state index in [-0.39, 0.29) is 11.8 Å². The number of halogens is 1. The van der Waals surface area contributed by atoms with Crippen molar-refractivity contribution in [2.75, 3.05) is 12.4 Å². The summed E-state index contributed by atoms with van der Waals surface area (Å²) < 4.78 is 0. The summed E-state index contributed by atoms with van der Waals surface area (Å²) >= 11 is 5.62. The highest BCUT2D eigenvalue weighted by molar-refractivity contribution is 6.32. The van der Waals surface area contributed by atoms with E-state index in [4.69, 9.17) is 11.6 Å². The van der Waals surface area contributed by atoms with E-state index in [0.717, 1.165) is 0 Å². The van der Waals surface area contributed by atoms with Gasteiger partial charge in [-0.15, -0.1) is 11.6 Å². The van der Waals surface area contributed by atoms with E-state index in [1.165, 1.54) is 0 Å². The second-order valence-electron chi connectivity index (χ2n) is 3.27. The molecule has 0 heterocycles. The molecule has 1 aromatic carbocycles. The number of benzene rings is 1. The summed E-state index contributed by atoms with van der Waals surface area (Å²) in [5, 5.41) is 4.51. The molecule has 0 spiro atoms. The van der Waals surface area contributed by atoms with E-state index in [1.54, 1.807) is 38.2 Å². The largest absolute Gasteiger partial charge is 0.355 e. The maximum atomic E-state index is 11.3. The van der Waals surface area contributed by atoms with Crippen molar-refractivity contribution >= 4 is 29.1 Å². The summed E-state index contributed by atoms with van der Waals surface area (Å²) in [5.41, 5.74) is 1.04. The lowest BCUT2D eigenvalue weighted by Gasteiger charge is -2.07. The maximum Gasteiger partial charge on any atom is 0.251 e. The van der Waals surface area contributed by atoms with Gasteiger partial charge >= 0.3 is 0 Å². The molecule has 0 radical (unpaired) electrons. The molecule has 0 aliphatic heterocycles. The van der Waals surface area contributed by atoms with Crippen molar-refractivity contribution in [3.8, 4) is 0 Å². The Bertz CT molecular complexity index is 405. The molecule has 1 rings (SSSR count). The van der Waals surface area contributed by atoms with Gasteiger partial charge in [0, 0.05) is 18.3 Å². The average Bonchev–Trinajstić information content (AvgIpc) is 2.28. The minimum Gasteiger partial charge on any atom is -0.355 e. The van der Waals surface area contributed by atoms with Crippen LogP contribution in [0.5, 0.6) is 0 Å². The van der Waals surface area contributed by atoms with Crippen molar-refractivity contribution in [3.63, 3.8) is 0 Å². The fraction of sp³-hybridized carbons (Fsp3) is 0.273. The summed E-state index contributed by atoms with van der Waals surface area (Å²) in [7, 11) is 1.55. The number of hydrogen-bond donors (Lipinski definition) is 2. The molecule has 86 valence electrons. The minimum absolute atomic E-state index is 0.199. The van der Waals surface area contributed by atoms with E-state index < -0.39 is 5.38 Å². The zero-order valence-electron chi connectivity index (χ0n) is 9.08. The van der Waals surface area contributed by atoms with Gasteiger partial charge in [0.25, 0.3) is 5.91 Å². The number of hydrogen-bond acceptors (Lipinski definition) is 2. The third kappa shape index (κ3) is 3.24. The van der Waals surface area contributed by atoms with Gasteiger partial charge in [-0.1, -0.05) is 6.07 Å². The van der Waals surface area contributed by atoms with E-state index in [1.807, 2.05) is 0 Å². The third-order valence-corrected chi connectivity index (χ3v) is 2.18. The molecule has 0 aliphatic rings. The molecule has 2 N–H and O–H groups in total. The van der Waals surface area contributed by atoms with Crippen LogP contribution in [0.25, 0.3) is 0 Å². The van der Waals surface area contributed by atoms with Gasteiger partial charge in [0.2, 0.25) is 5.91 Å². The second-order valence-corrected chi connectivity index (χ2v) is 3.92. The van der Waals surface area contributed by atoms with E-state index >= 15 is 0 Å². The van der Waals surface area contributed by atoms with Gasteiger partial charge in [0.05, 0.1) is 0 Å². The summed E-state index contributed by atoms with van der Waals surface area (Å²) in [6, 6.07) is 6.65. The number of anilines is 1. The fourth-order valence-corrected chi connectivity index (χ4v) is 1.18. The number of alkyl halides is 1. The molecule has 0 fully saturated rings. The van der Waals surface area contributed by atoms with Gasteiger partial charge in [0.15, 0.2) is 0 Å². The van der Waals surface area contributed by atoms with Gasteiger partial charge in [-0.3, -0.25) is 9.59 Å². The minimum atomic E-state index is -0.608. The Balaban J connectivity index is 2.83. The first-order valence-electron chi connectivity index (χ1n) is 4.81. The SMILES string of the molecule is CNC(=O)c1cccc(NC(=O)[C@@H](C)Cl)c1. The van der Waals surface area contributed by atoms with Gasteiger partial charge in [-0.25, -0.2) is 0 Å². The first kappa shape index (κ1) is 12.5. The molecular weight excluding hydrogens is 228 g/mol. The second kappa shape index (κ2) is 5.51. The Morgan fingerprint density at radius 2 is 2.06 bits per heavy atom. The average molecular weight is 241 g/mol. The molecule has 16 heavy (non-hydrogen) atoms. The van der Waals surface area contributed by atoms with Gasteiger partial charge in [-0.05, 0) is 25.1 Å². The molecule has 4 nitrogen and oxygen atoms in total. The van der Waals surface area contributed by atoms with Crippen molar-refractivity contribution in [2.45, 2.75) is 12.3 Å². The van der Waals surface area contributed by atoms with Crippen molar-refractivity contribution < 1.29 is 9.59 Å². The Hall–Kier alpha value is -1.55. The zero-order valence-corrected chi connectivity index (χ0v) is 9.84. The summed E-state index contributed by atoms with van der Waals surface area (Å²) in [6.45, 7) is 1.58. The van der Waals surface area contributed by atoms with Gasteiger partial charge < -0.3 is 10.6 Å². The zero-order chi connectivity index (χ0) is 12.1. The van der Waals surface area contributed by atoms with E-state index in [9.17, 15) is 9.59 Å². The Kier molecular flexibility index (Phi) is 4.31. The molecule has 1 atom stereocenters. The topological polar surface area (TPSA) is 58.2 Å². The van der Waals surface area contributed by atoms with Crippen LogP contribution in [0.3, 0.4) is 0 Å². The number of amides is 2. The molecule has 0 bridgehead atoms. The summed E-state index contributed by atoms with van der Waals surface area (Å²) in [5.74, 6) is -0.495. The predicted molar refractivity (Wildman–Crippen MR) is 63.8 cm³/mol. The van der Waals surface area contributed by atoms with Crippen LogP contribution in [0.4, 0.5) is 5.69 Å². The van der Waals surface area contributed by atoms with Crippen LogP contribution in [0.1, 0.15) is 17.3 Å². The highest BCUT2D eigenvalue weighted by Gasteiger charge is 2.10. The molecule has 0 saturated carbocycles. The van der Waals surface area contributed by atoms with Crippen LogP contribution in [0, 0.1) is 0 Å². The maximum absolute atomic E-state index is 11.3. The Labute approximate surface area is 99.0 Å². The van der Waals surface area contributed by atoms with Gasteiger partial charge in [-0.2, -0.15) is 0 Å². The van der Waals surface area contributed by atoms with E-state index in [2.05, 4.69) is 10.6 Å². The lowest BCUT2D eigenvalue weighted by Crippen LogP contribution is -2.21. The summed E-state index contributed by atoms with van der Waals surface area (Å²) in [6.07, 6.45) is 0. The predicted octanol–water partition coefficient (Wildman–Crippen LogP) is 1.61. The van der Waals surface area contributed by atoms with Gasteiger partial charge in [0.1, 0.15) is 5.38 Å². The lowest BCUT2D eigenvalue weighted by molar-refractivity contribution is -0.115. The standard InChI is InChI=1S/C11H13ClN2O2/c1-7(12)10(15)14-9-5-3-4-8(6-9)11(16)13-2/h3-7H,1-2H3,(H,13,16)(H,14,15)/t7-/m1/s1. The van der Waals surface area contributed by atoms with Crippen molar-refractivity contribution in [1.29, 1.82) is 0 Å². The van der Waals surface area contributed by atoms with Crippen molar-refractivity contribution in [1.82, 2.24) is 5.32 Å². The molecule has 5 heteroatoms. The lowest BCUT2D eigenvalue weighted by atomic mass is 10.2. The van der Waals surface area contributed by atoms with Crippen LogP contribution < -0.4 is 10.6 Å². The monoisotopic (exact) mass is 240 g/mol. The molecule has 2 amide bonds. The fourth-order valence-electron chi connectivity index (χ4n) is 1.12. The first-order chi connectivity index (χ1) is 7.54. The molecule has 0 aromatic heterocycles. The number of rotatable bonds is 3. The van der Waals surface area contributed by atoms with Crippen molar-refractivity contribution in [3.05, 3.63) is 29.8 Å². The van der Waals surface area contributed by atoms with Crippen LogP contribution in [-0.4, -0.2) is 24.2 Å². The normalized spacial score (nSPS) is 11.7. The van der Waals surface area contributed by atoms with Crippen molar-refractivity contribution in [2.24, 2.45) is 0 Å². The first-order valence-corrected chi connectivity index (χ1v) is 5.25. The highest BCUT2D eigenvalue weighted by atomic mass is 35.5. The van der Waals surface area contributed by atoms with Crippen LogP contribution in [0.2, 0.25) is 0 Å². The summed E-state index contributed by atoms with van der Waals surface area (Å²) in [4.78, 5) is 22.7. The molecule has 0 aliphatic carbocycles. The Morgan fingerprint density at radius 1 is 1.38 bits per heavy atom. The highest BCUT2D eigenvalue weighted by Crippen LogP contribution is 2.11. The van der Waals surface area contributed by atoms with E-state index in [0.29, 0.717) is 11.3 Å². The number of carbonyl (C=O) groups excluding carboxylic acids is 2. The van der Waals surface area contributed by atoms with Crippen LogP contribution >= 0.6 is 11.6 Å². The van der Waals surface area contributed by atoms with Crippen LogP contribution in [-0.2, 0) is 4.79 Å². The quantitative estimate of drug-likeness (QED) is 0.789. The number of carbonyl (C=O) groups is 2. The smallest absolute Gasteiger partial charge is 0.251 e. The molecular formula is C11H13ClN2O2. The Morgan fingerprint density at radius 3 is 2.62 bits per heavy atom.